The maximum Gasteiger partial charge on any atom is 0.338 e. The van der Waals surface area contributed by atoms with E-state index in [1.165, 1.54) is 5.56 Å². The Morgan fingerprint density at radius 2 is 1.90 bits per heavy atom. The average molecular weight is 403 g/mol. The van der Waals surface area contributed by atoms with Crippen LogP contribution in [0.5, 0.6) is 0 Å². The minimum atomic E-state index is -0.519. The van der Waals surface area contributed by atoms with E-state index in [0.717, 1.165) is 41.9 Å². The maximum absolute atomic E-state index is 12.3. The van der Waals surface area contributed by atoms with Gasteiger partial charge in [-0.15, -0.1) is 0 Å². The number of aryl methyl sites for hydroxylation is 3. The molecule has 0 spiro atoms. The first-order valence-corrected chi connectivity index (χ1v) is 10.2. The molecule has 1 heterocycles. The summed E-state index contributed by atoms with van der Waals surface area (Å²) in [5.74, 6) is -0.807. The first-order chi connectivity index (χ1) is 14.5. The van der Waals surface area contributed by atoms with E-state index in [-0.39, 0.29) is 18.6 Å². The van der Waals surface area contributed by atoms with Crippen molar-refractivity contribution in [3.8, 4) is 5.69 Å². The Balaban J connectivity index is 1.33. The summed E-state index contributed by atoms with van der Waals surface area (Å²) in [6.07, 6.45) is 2.96. The minimum Gasteiger partial charge on any atom is -0.452 e. The van der Waals surface area contributed by atoms with Crippen LogP contribution in [0, 0.1) is 13.8 Å². The Bertz CT molecular complexity index is 1070. The van der Waals surface area contributed by atoms with E-state index in [1.807, 2.05) is 48.9 Å². The van der Waals surface area contributed by atoms with Gasteiger partial charge in [0.15, 0.2) is 6.61 Å². The molecule has 1 amide bonds. The summed E-state index contributed by atoms with van der Waals surface area (Å²) in [4.78, 5) is 24.7. The van der Waals surface area contributed by atoms with Crippen LogP contribution in [0.4, 0.5) is 0 Å². The monoisotopic (exact) mass is 403 g/mol. The molecule has 4 rings (SSSR count). The van der Waals surface area contributed by atoms with Crippen LogP contribution in [0.15, 0.2) is 54.6 Å². The average Bonchev–Trinajstić information content (AvgIpc) is 3.10. The Hall–Kier alpha value is -3.41. The van der Waals surface area contributed by atoms with E-state index < -0.39 is 5.97 Å². The number of hydrogen-bond donors (Lipinski definition) is 1. The fourth-order valence-corrected chi connectivity index (χ4v) is 3.98. The molecule has 0 unspecified atom stereocenters. The predicted octanol–water partition coefficient (Wildman–Crippen LogP) is 3.84. The van der Waals surface area contributed by atoms with Gasteiger partial charge in [-0.25, -0.2) is 9.48 Å². The van der Waals surface area contributed by atoms with Crippen molar-refractivity contribution in [3.05, 3.63) is 82.7 Å². The van der Waals surface area contributed by atoms with Crippen LogP contribution in [0.3, 0.4) is 0 Å². The topological polar surface area (TPSA) is 73.2 Å². The smallest absolute Gasteiger partial charge is 0.338 e. The van der Waals surface area contributed by atoms with E-state index >= 15 is 0 Å². The summed E-state index contributed by atoms with van der Waals surface area (Å²) in [6, 6.07) is 17.1. The highest BCUT2D eigenvalue weighted by atomic mass is 16.5. The van der Waals surface area contributed by atoms with Gasteiger partial charge in [0.1, 0.15) is 0 Å². The van der Waals surface area contributed by atoms with Crippen LogP contribution in [0.1, 0.15) is 51.8 Å². The van der Waals surface area contributed by atoms with Crippen LogP contribution in [-0.4, -0.2) is 28.3 Å². The van der Waals surface area contributed by atoms with Gasteiger partial charge in [0, 0.05) is 5.69 Å². The number of carbonyl (C=O) groups excluding carboxylic acids is 2. The van der Waals surface area contributed by atoms with E-state index in [1.54, 1.807) is 12.1 Å². The van der Waals surface area contributed by atoms with E-state index in [4.69, 9.17) is 4.74 Å². The zero-order valence-corrected chi connectivity index (χ0v) is 17.2. The number of nitrogens with zero attached hydrogens (tertiary/aromatic N) is 2. The zero-order chi connectivity index (χ0) is 21.1. The molecular weight excluding hydrogens is 378 g/mol. The molecule has 2 aromatic carbocycles. The van der Waals surface area contributed by atoms with Crippen LogP contribution in [0.25, 0.3) is 5.69 Å². The third-order valence-corrected chi connectivity index (χ3v) is 5.40. The lowest BCUT2D eigenvalue weighted by Crippen LogP contribution is -2.34. The van der Waals surface area contributed by atoms with E-state index in [2.05, 4.69) is 22.5 Å². The molecule has 1 aliphatic carbocycles. The third kappa shape index (κ3) is 4.27. The number of rotatable bonds is 5. The fourth-order valence-electron chi connectivity index (χ4n) is 3.98. The SMILES string of the molecule is Cc1cc(C)n(-c2ccc(C(=O)OCC(=O)N[C@@H]3CCCc4ccccc43)cc2)n1. The van der Waals surface area contributed by atoms with E-state index in [9.17, 15) is 9.59 Å². The van der Waals surface area contributed by atoms with Crippen LogP contribution in [0.2, 0.25) is 0 Å². The van der Waals surface area contributed by atoms with Gasteiger partial charge in [0.25, 0.3) is 5.91 Å². The van der Waals surface area contributed by atoms with Crippen molar-refractivity contribution in [2.75, 3.05) is 6.61 Å². The van der Waals surface area contributed by atoms with Crippen molar-refractivity contribution in [2.24, 2.45) is 0 Å². The molecule has 1 atom stereocenters. The van der Waals surface area contributed by atoms with Crippen LogP contribution in [-0.2, 0) is 16.0 Å². The molecular formula is C24H25N3O3. The molecule has 1 N–H and O–H groups in total. The highest BCUT2D eigenvalue weighted by Gasteiger charge is 2.22. The first kappa shape index (κ1) is 19.9. The second-order valence-electron chi connectivity index (χ2n) is 7.67. The molecule has 30 heavy (non-hydrogen) atoms. The Kier molecular flexibility index (Phi) is 5.65. The number of esters is 1. The second kappa shape index (κ2) is 8.53. The summed E-state index contributed by atoms with van der Waals surface area (Å²) in [5.41, 5.74) is 5.64. The molecule has 0 saturated heterocycles. The standard InChI is InChI=1S/C24H25N3O3/c1-16-14-17(2)27(26-16)20-12-10-19(11-13-20)24(29)30-15-23(28)25-22-9-5-7-18-6-3-4-8-21(18)22/h3-4,6,8,10-14,22H,5,7,9,15H2,1-2H3,(H,25,28)/t22-/m1/s1. The largest absolute Gasteiger partial charge is 0.452 e. The van der Waals surface area contributed by atoms with Crippen molar-refractivity contribution < 1.29 is 14.3 Å². The number of amides is 1. The Morgan fingerprint density at radius 1 is 1.13 bits per heavy atom. The first-order valence-electron chi connectivity index (χ1n) is 10.2. The number of carbonyl (C=O) groups is 2. The van der Waals surface area contributed by atoms with Gasteiger partial charge in [-0.1, -0.05) is 24.3 Å². The number of benzene rings is 2. The molecule has 0 fully saturated rings. The fraction of sp³-hybridized carbons (Fsp3) is 0.292. The summed E-state index contributed by atoms with van der Waals surface area (Å²) in [5, 5.41) is 7.43. The molecule has 0 bridgehead atoms. The zero-order valence-electron chi connectivity index (χ0n) is 17.2. The summed E-state index contributed by atoms with van der Waals surface area (Å²) < 4.78 is 7.04. The van der Waals surface area contributed by atoms with Crippen LogP contribution >= 0.6 is 0 Å². The van der Waals surface area contributed by atoms with Gasteiger partial charge in [-0.3, -0.25) is 4.79 Å². The number of nitrogens with one attached hydrogen (secondary N) is 1. The van der Waals surface area contributed by atoms with Gasteiger partial charge >= 0.3 is 5.97 Å². The van der Waals surface area contributed by atoms with Crippen LogP contribution < -0.4 is 5.32 Å². The molecule has 1 aromatic heterocycles. The second-order valence-corrected chi connectivity index (χ2v) is 7.67. The normalized spacial score (nSPS) is 15.3. The molecule has 0 saturated carbocycles. The quantitative estimate of drug-likeness (QED) is 0.657. The predicted molar refractivity (Wildman–Crippen MR) is 114 cm³/mol. The number of hydrogen-bond acceptors (Lipinski definition) is 4. The highest BCUT2D eigenvalue weighted by Crippen LogP contribution is 2.29. The van der Waals surface area contributed by atoms with Gasteiger partial charge in [0.05, 0.1) is 23.0 Å². The summed E-state index contributed by atoms with van der Waals surface area (Å²) in [7, 11) is 0. The number of fused-ring (bicyclic) bond motifs is 1. The molecule has 3 aromatic rings. The van der Waals surface area contributed by atoms with Crippen molar-refractivity contribution in [1.29, 1.82) is 0 Å². The highest BCUT2D eigenvalue weighted by molar-refractivity contribution is 5.91. The number of ether oxygens (including phenoxy) is 1. The lowest BCUT2D eigenvalue weighted by Gasteiger charge is -2.26. The van der Waals surface area contributed by atoms with Gasteiger partial charge in [0.2, 0.25) is 0 Å². The lowest BCUT2D eigenvalue weighted by atomic mass is 9.88. The Labute approximate surface area is 175 Å². The summed E-state index contributed by atoms with van der Waals surface area (Å²) >= 11 is 0. The lowest BCUT2D eigenvalue weighted by molar-refractivity contribution is -0.125. The number of aromatic nitrogens is 2. The molecule has 154 valence electrons. The molecule has 0 aliphatic heterocycles. The van der Waals surface area contributed by atoms with Crippen molar-refractivity contribution in [3.63, 3.8) is 0 Å². The van der Waals surface area contributed by atoms with Crippen molar-refractivity contribution >= 4 is 11.9 Å². The van der Waals surface area contributed by atoms with Crippen molar-refractivity contribution in [1.82, 2.24) is 15.1 Å². The van der Waals surface area contributed by atoms with Gasteiger partial charge in [-0.05, 0) is 74.6 Å². The maximum atomic E-state index is 12.3. The van der Waals surface area contributed by atoms with Gasteiger partial charge < -0.3 is 10.1 Å². The van der Waals surface area contributed by atoms with E-state index in [0.29, 0.717) is 5.56 Å². The molecule has 6 nitrogen and oxygen atoms in total. The Morgan fingerprint density at radius 3 is 2.63 bits per heavy atom. The van der Waals surface area contributed by atoms with Gasteiger partial charge in [-0.2, -0.15) is 5.10 Å². The third-order valence-electron chi connectivity index (χ3n) is 5.40. The molecule has 0 radical (unpaired) electrons. The minimum absolute atomic E-state index is 0.0267. The molecule has 6 heteroatoms. The van der Waals surface area contributed by atoms with Crippen molar-refractivity contribution in [2.45, 2.75) is 39.2 Å². The summed E-state index contributed by atoms with van der Waals surface area (Å²) in [6.45, 7) is 3.62. The molecule has 1 aliphatic rings.